The van der Waals surface area contributed by atoms with E-state index >= 15 is 0 Å². The number of benzene rings is 1. The molecule has 0 aliphatic heterocycles. The van der Waals surface area contributed by atoms with Gasteiger partial charge in [0.1, 0.15) is 12.2 Å². The van der Waals surface area contributed by atoms with Gasteiger partial charge in [0.05, 0.1) is 23.1 Å². The van der Waals surface area contributed by atoms with E-state index < -0.39 is 0 Å². The van der Waals surface area contributed by atoms with E-state index in [4.69, 9.17) is 0 Å². The van der Waals surface area contributed by atoms with E-state index in [9.17, 15) is 4.79 Å². The monoisotopic (exact) mass is 364 g/mol. The zero-order chi connectivity index (χ0) is 19.4. The lowest BCUT2D eigenvalue weighted by atomic mass is 10.1. The predicted octanol–water partition coefficient (Wildman–Crippen LogP) is 3.25. The third-order valence-electron chi connectivity index (χ3n) is 4.29. The smallest absolute Gasteiger partial charge is 0.251 e. The van der Waals surface area contributed by atoms with Crippen molar-refractivity contribution < 1.29 is 4.79 Å². The summed E-state index contributed by atoms with van der Waals surface area (Å²) < 4.78 is 1.83. The van der Waals surface area contributed by atoms with Gasteiger partial charge in [-0.05, 0) is 39.3 Å². The van der Waals surface area contributed by atoms with Crippen LogP contribution in [0.3, 0.4) is 0 Å². The molecule has 1 unspecified atom stereocenters. The van der Waals surface area contributed by atoms with Gasteiger partial charge >= 0.3 is 0 Å². The molecule has 1 N–H and O–H groups in total. The molecule has 0 aliphatic rings. The number of amides is 1. The zero-order valence-electron chi connectivity index (χ0n) is 16.1. The van der Waals surface area contributed by atoms with Crippen LogP contribution >= 0.6 is 0 Å². The molecule has 0 spiro atoms. The standard InChI is InChI=1S/C20H24N6O/c1-5-9-26-19(22-12-23-26)15(4)25-20(27)17-8-6-7-16(10-17)18-14(3)21-11-13(2)24-18/h6-8,10-12,15H,5,9H2,1-4H3,(H,25,27). The van der Waals surface area contributed by atoms with E-state index in [2.05, 4.69) is 32.3 Å². The van der Waals surface area contributed by atoms with Gasteiger partial charge < -0.3 is 5.32 Å². The van der Waals surface area contributed by atoms with Gasteiger partial charge in [-0.1, -0.05) is 19.1 Å². The molecule has 140 valence electrons. The molecule has 0 radical (unpaired) electrons. The van der Waals surface area contributed by atoms with Crippen LogP contribution in [0.25, 0.3) is 11.3 Å². The molecule has 0 fully saturated rings. The number of hydrogen-bond donors (Lipinski definition) is 1. The quantitative estimate of drug-likeness (QED) is 0.726. The van der Waals surface area contributed by atoms with Crippen LogP contribution in [0.15, 0.2) is 36.8 Å². The molecule has 2 heterocycles. The fraction of sp³-hybridized carbons (Fsp3) is 0.350. The van der Waals surface area contributed by atoms with Crippen molar-refractivity contribution >= 4 is 5.91 Å². The van der Waals surface area contributed by atoms with Crippen molar-refractivity contribution in [1.29, 1.82) is 0 Å². The maximum absolute atomic E-state index is 12.8. The van der Waals surface area contributed by atoms with E-state index in [0.717, 1.165) is 41.4 Å². The Morgan fingerprint density at radius 3 is 2.85 bits per heavy atom. The second-order valence-corrected chi connectivity index (χ2v) is 6.56. The molecular formula is C20H24N6O. The van der Waals surface area contributed by atoms with Crippen LogP contribution in [-0.2, 0) is 6.54 Å². The number of nitrogens with zero attached hydrogens (tertiary/aromatic N) is 5. The Balaban J connectivity index is 1.81. The lowest BCUT2D eigenvalue weighted by Gasteiger charge is -2.15. The van der Waals surface area contributed by atoms with Gasteiger partial charge in [0.25, 0.3) is 5.91 Å². The Bertz CT molecular complexity index is 949. The second kappa shape index (κ2) is 8.07. The normalized spacial score (nSPS) is 12.0. The predicted molar refractivity (Wildman–Crippen MR) is 103 cm³/mol. The fourth-order valence-corrected chi connectivity index (χ4v) is 2.96. The topological polar surface area (TPSA) is 85.6 Å². The summed E-state index contributed by atoms with van der Waals surface area (Å²) in [5.41, 5.74) is 3.91. The Hall–Kier alpha value is -3.09. The molecule has 27 heavy (non-hydrogen) atoms. The first-order chi connectivity index (χ1) is 13.0. The van der Waals surface area contributed by atoms with Crippen LogP contribution in [0.5, 0.6) is 0 Å². The first-order valence-corrected chi connectivity index (χ1v) is 9.08. The van der Waals surface area contributed by atoms with Crippen molar-refractivity contribution in [3.63, 3.8) is 0 Å². The van der Waals surface area contributed by atoms with Gasteiger partial charge in [-0.2, -0.15) is 5.10 Å². The molecule has 1 atom stereocenters. The molecule has 2 aromatic heterocycles. The third-order valence-corrected chi connectivity index (χ3v) is 4.29. The summed E-state index contributed by atoms with van der Waals surface area (Å²) in [6, 6.07) is 7.19. The molecule has 0 aliphatic carbocycles. The Kier molecular flexibility index (Phi) is 5.59. The molecule has 0 saturated heterocycles. The van der Waals surface area contributed by atoms with Crippen molar-refractivity contribution in [1.82, 2.24) is 30.0 Å². The van der Waals surface area contributed by atoms with Crippen molar-refractivity contribution in [3.05, 3.63) is 59.6 Å². The number of carbonyl (C=O) groups excluding carboxylic acids is 1. The summed E-state index contributed by atoms with van der Waals surface area (Å²) in [5, 5.41) is 7.22. The Morgan fingerprint density at radius 2 is 2.07 bits per heavy atom. The summed E-state index contributed by atoms with van der Waals surface area (Å²) >= 11 is 0. The summed E-state index contributed by atoms with van der Waals surface area (Å²) in [5.74, 6) is 0.593. The SMILES string of the molecule is CCCn1ncnc1C(C)NC(=O)c1cccc(-c2nc(C)cnc2C)c1. The van der Waals surface area contributed by atoms with Crippen molar-refractivity contribution in [2.75, 3.05) is 0 Å². The molecular weight excluding hydrogens is 340 g/mol. The number of carbonyl (C=O) groups is 1. The molecule has 3 aromatic rings. The highest BCUT2D eigenvalue weighted by atomic mass is 16.1. The minimum Gasteiger partial charge on any atom is -0.342 e. The summed E-state index contributed by atoms with van der Waals surface area (Å²) in [4.78, 5) is 26.0. The first kappa shape index (κ1) is 18.7. The Morgan fingerprint density at radius 1 is 1.26 bits per heavy atom. The minimum absolute atomic E-state index is 0.159. The van der Waals surface area contributed by atoms with Crippen molar-refractivity contribution in [2.45, 2.75) is 46.7 Å². The largest absolute Gasteiger partial charge is 0.342 e. The average molecular weight is 364 g/mol. The summed E-state index contributed by atoms with van der Waals surface area (Å²) in [6.07, 6.45) is 4.22. The van der Waals surface area contributed by atoms with Gasteiger partial charge in [-0.25, -0.2) is 14.6 Å². The molecule has 3 rings (SSSR count). The average Bonchev–Trinajstić information content (AvgIpc) is 3.12. The molecule has 0 saturated carbocycles. The third kappa shape index (κ3) is 4.19. The summed E-state index contributed by atoms with van der Waals surface area (Å²) in [6.45, 7) is 8.58. The molecule has 0 bridgehead atoms. The number of aryl methyl sites for hydroxylation is 3. The number of hydrogen-bond acceptors (Lipinski definition) is 5. The minimum atomic E-state index is -0.240. The lowest BCUT2D eigenvalue weighted by molar-refractivity contribution is 0.0937. The Labute approximate surface area is 158 Å². The van der Waals surface area contributed by atoms with Gasteiger partial charge in [0.15, 0.2) is 0 Å². The van der Waals surface area contributed by atoms with Crippen LogP contribution in [0, 0.1) is 13.8 Å². The maximum Gasteiger partial charge on any atom is 0.251 e. The molecule has 7 heteroatoms. The van der Waals surface area contributed by atoms with E-state index in [1.165, 1.54) is 6.33 Å². The van der Waals surface area contributed by atoms with Gasteiger partial charge in [-0.15, -0.1) is 0 Å². The highest BCUT2D eigenvalue weighted by Crippen LogP contribution is 2.21. The van der Waals surface area contributed by atoms with Gasteiger partial charge in [0, 0.05) is 23.9 Å². The second-order valence-electron chi connectivity index (χ2n) is 6.56. The maximum atomic E-state index is 12.8. The molecule has 1 amide bonds. The van der Waals surface area contributed by atoms with Crippen molar-refractivity contribution in [3.8, 4) is 11.3 Å². The number of aromatic nitrogens is 5. The molecule has 7 nitrogen and oxygen atoms in total. The zero-order valence-corrected chi connectivity index (χ0v) is 16.1. The highest BCUT2D eigenvalue weighted by molar-refractivity contribution is 5.95. The van der Waals surface area contributed by atoms with E-state index in [-0.39, 0.29) is 11.9 Å². The van der Waals surface area contributed by atoms with Gasteiger partial charge in [-0.3, -0.25) is 9.78 Å². The van der Waals surface area contributed by atoms with Crippen LogP contribution in [0.2, 0.25) is 0 Å². The summed E-state index contributed by atoms with van der Waals surface area (Å²) in [7, 11) is 0. The van der Waals surface area contributed by atoms with Crippen LogP contribution in [0.4, 0.5) is 0 Å². The first-order valence-electron chi connectivity index (χ1n) is 9.08. The van der Waals surface area contributed by atoms with Crippen molar-refractivity contribution in [2.24, 2.45) is 0 Å². The van der Waals surface area contributed by atoms with E-state index in [0.29, 0.717) is 5.56 Å². The van der Waals surface area contributed by atoms with Crippen LogP contribution in [-0.4, -0.2) is 30.6 Å². The van der Waals surface area contributed by atoms with E-state index in [1.54, 1.807) is 12.3 Å². The van der Waals surface area contributed by atoms with Crippen LogP contribution in [0.1, 0.15) is 53.9 Å². The number of nitrogens with one attached hydrogen (secondary N) is 1. The lowest BCUT2D eigenvalue weighted by Crippen LogP contribution is -2.29. The fourth-order valence-electron chi connectivity index (χ4n) is 2.96. The van der Waals surface area contributed by atoms with Gasteiger partial charge in [0.2, 0.25) is 0 Å². The van der Waals surface area contributed by atoms with Crippen LogP contribution < -0.4 is 5.32 Å². The molecule has 1 aromatic carbocycles. The highest BCUT2D eigenvalue weighted by Gasteiger charge is 2.17. The number of rotatable bonds is 6. The van der Waals surface area contributed by atoms with E-state index in [1.807, 2.05) is 43.7 Å².